The first-order valence-electron chi connectivity index (χ1n) is 12.7. The number of rotatable bonds is 7. The maximum Gasteiger partial charge on any atom is 0.251 e. The predicted octanol–water partition coefficient (Wildman–Crippen LogP) is 3.52. The molecule has 1 amide bonds. The third kappa shape index (κ3) is 5.02. The minimum Gasteiger partial charge on any atom is -0.497 e. The number of carbonyl (C=O) groups is 1. The van der Waals surface area contributed by atoms with E-state index in [-0.39, 0.29) is 11.5 Å². The number of hydrogen-bond acceptors (Lipinski definition) is 6. The number of fused-ring (bicyclic) bond motifs is 2. The molecule has 37 heavy (non-hydrogen) atoms. The van der Waals surface area contributed by atoms with Crippen LogP contribution in [-0.2, 0) is 6.54 Å². The van der Waals surface area contributed by atoms with Gasteiger partial charge in [0.25, 0.3) is 11.5 Å². The van der Waals surface area contributed by atoms with Gasteiger partial charge in [-0.3, -0.25) is 9.59 Å². The number of anilines is 1. The monoisotopic (exact) mass is 499 g/mol. The zero-order chi connectivity index (χ0) is 25.9. The van der Waals surface area contributed by atoms with Crippen molar-refractivity contribution in [1.29, 1.82) is 0 Å². The van der Waals surface area contributed by atoms with Gasteiger partial charge in [0.05, 0.1) is 23.7 Å². The molecule has 1 aliphatic rings. The molecule has 2 aromatic carbocycles. The van der Waals surface area contributed by atoms with Gasteiger partial charge in [0.15, 0.2) is 0 Å². The Balaban J connectivity index is 1.28. The Hall–Kier alpha value is -3.91. The third-order valence-corrected chi connectivity index (χ3v) is 7.48. The first kappa shape index (κ1) is 24.8. The quantitative estimate of drug-likeness (QED) is 0.419. The van der Waals surface area contributed by atoms with E-state index in [9.17, 15) is 9.59 Å². The summed E-state index contributed by atoms with van der Waals surface area (Å²) in [6, 6.07) is 19.8. The molecule has 4 aromatic rings. The van der Waals surface area contributed by atoms with Crippen LogP contribution in [-0.4, -0.2) is 67.2 Å². The molecule has 0 bridgehead atoms. The minimum atomic E-state index is -0.272. The molecule has 192 valence electrons. The lowest BCUT2D eigenvalue weighted by Crippen LogP contribution is -2.45. The van der Waals surface area contributed by atoms with Crippen molar-refractivity contribution in [3.63, 3.8) is 0 Å². The number of amides is 1. The smallest absolute Gasteiger partial charge is 0.251 e. The molecule has 0 atom stereocenters. The van der Waals surface area contributed by atoms with Crippen LogP contribution in [0.2, 0.25) is 0 Å². The first-order chi connectivity index (χ1) is 18.0. The van der Waals surface area contributed by atoms with E-state index in [4.69, 9.17) is 9.72 Å². The molecule has 2 aromatic heterocycles. The zero-order valence-electron chi connectivity index (χ0n) is 21.6. The van der Waals surface area contributed by atoms with Crippen molar-refractivity contribution < 1.29 is 9.53 Å². The standard InChI is InChI=1S/C29H33N5O3/c1-30-29(36)24-19-28(35)34(26-18-22(37-3)9-10-23(24)26)17-16-33-14-12-21(13-15-33)32(2)27-11-8-20-6-4-5-7-25(20)31-27/h4-11,18-19,21H,12-17H2,1-3H3,(H,30,36). The number of nitrogens with zero attached hydrogens (tertiary/aromatic N) is 4. The van der Waals surface area contributed by atoms with Crippen LogP contribution >= 0.6 is 0 Å². The molecule has 1 N–H and O–H groups in total. The summed E-state index contributed by atoms with van der Waals surface area (Å²) in [5.74, 6) is 1.38. The summed E-state index contributed by atoms with van der Waals surface area (Å²) in [6.07, 6.45) is 2.06. The van der Waals surface area contributed by atoms with Crippen LogP contribution < -0.4 is 20.5 Å². The molecule has 3 heterocycles. The lowest BCUT2D eigenvalue weighted by atomic mass is 10.0. The summed E-state index contributed by atoms with van der Waals surface area (Å²) in [5.41, 5.74) is 1.92. The number of likely N-dealkylation sites (tertiary alicyclic amines) is 1. The lowest BCUT2D eigenvalue weighted by Gasteiger charge is -2.37. The molecule has 0 unspecified atom stereocenters. The molecule has 8 nitrogen and oxygen atoms in total. The SMILES string of the molecule is CNC(=O)c1cc(=O)n(CCN2CCC(N(C)c3ccc4ccccc4n3)CC2)c2cc(OC)ccc12. The number of methoxy groups -OCH3 is 1. The lowest BCUT2D eigenvalue weighted by molar-refractivity contribution is 0.0964. The molecule has 1 aliphatic heterocycles. The summed E-state index contributed by atoms with van der Waals surface area (Å²) < 4.78 is 7.15. The first-order valence-corrected chi connectivity index (χ1v) is 12.7. The maximum absolute atomic E-state index is 13.0. The van der Waals surface area contributed by atoms with Crippen LogP contribution in [0.5, 0.6) is 5.75 Å². The third-order valence-electron chi connectivity index (χ3n) is 7.48. The van der Waals surface area contributed by atoms with Crippen molar-refractivity contribution in [1.82, 2.24) is 19.8 Å². The molecule has 8 heteroatoms. The highest BCUT2D eigenvalue weighted by atomic mass is 16.5. The topological polar surface area (TPSA) is 79.7 Å². The minimum absolute atomic E-state index is 0.184. The maximum atomic E-state index is 13.0. The van der Waals surface area contributed by atoms with E-state index in [2.05, 4.69) is 46.4 Å². The van der Waals surface area contributed by atoms with E-state index in [0.29, 0.717) is 29.4 Å². The fraction of sp³-hybridized carbons (Fsp3) is 0.345. The number of nitrogens with one attached hydrogen (secondary N) is 1. The van der Waals surface area contributed by atoms with Crippen LogP contribution in [0.25, 0.3) is 21.8 Å². The molecular weight excluding hydrogens is 466 g/mol. The number of benzene rings is 2. The van der Waals surface area contributed by atoms with Gasteiger partial charge in [0.2, 0.25) is 0 Å². The van der Waals surface area contributed by atoms with E-state index >= 15 is 0 Å². The van der Waals surface area contributed by atoms with Gasteiger partial charge >= 0.3 is 0 Å². The molecular formula is C29H33N5O3. The molecule has 1 fully saturated rings. The second kappa shape index (κ2) is 10.6. The van der Waals surface area contributed by atoms with E-state index in [1.54, 1.807) is 18.7 Å². The van der Waals surface area contributed by atoms with Gasteiger partial charge in [-0.25, -0.2) is 4.98 Å². The number of aromatic nitrogens is 2. The number of hydrogen-bond donors (Lipinski definition) is 1. The summed E-state index contributed by atoms with van der Waals surface area (Å²) in [5, 5.41) is 4.52. The van der Waals surface area contributed by atoms with E-state index in [1.165, 1.54) is 6.07 Å². The highest BCUT2D eigenvalue weighted by molar-refractivity contribution is 6.06. The Labute approximate surface area is 216 Å². The Morgan fingerprint density at radius 2 is 1.86 bits per heavy atom. The van der Waals surface area contributed by atoms with Crippen LogP contribution in [0.1, 0.15) is 23.2 Å². The highest BCUT2D eigenvalue weighted by Gasteiger charge is 2.24. The second-order valence-electron chi connectivity index (χ2n) is 9.56. The van der Waals surface area contributed by atoms with Gasteiger partial charge in [-0.15, -0.1) is 0 Å². The zero-order valence-corrected chi connectivity index (χ0v) is 21.6. The Morgan fingerprint density at radius 1 is 1.08 bits per heavy atom. The molecule has 5 rings (SSSR count). The Kier molecular flexibility index (Phi) is 7.10. The van der Waals surface area contributed by atoms with Crippen LogP contribution in [0.3, 0.4) is 0 Å². The van der Waals surface area contributed by atoms with Crippen molar-refractivity contribution in [2.45, 2.75) is 25.4 Å². The van der Waals surface area contributed by atoms with E-state index < -0.39 is 0 Å². The summed E-state index contributed by atoms with van der Waals surface area (Å²) >= 11 is 0. The van der Waals surface area contributed by atoms with Crippen molar-refractivity contribution in [2.24, 2.45) is 0 Å². The number of pyridine rings is 2. The van der Waals surface area contributed by atoms with Gasteiger partial charge in [0, 0.05) is 69.2 Å². The molecule has 0 spiro atoms. The van der Waals surface area contributed by atoms with Crippen molar-refractivity contribution in [2.75, 3.05) is 45.7 Å². The van der Waals surface area contributed by atoms with Gasteiger partial charge in [0.1, 0.15) is 11.6 Å². The molecule has 0 saturated carbocycles. The Morgan fingerprint density at radius 3 is 2.62 bits per heavy atom. The van der Waals surface area contributed by atoms with Crippen molar-refractivity contribution in [3.05, 3.63) is 76.6 Å². The van der Waals surface area contributed by atoms with Gasteiger partial charge in [-0.2, -0.15) is 0 Å². The van der Waals surface area contributed by atoms with E-state index in [1.807, 2.05) is 30.3 Å². The van der Waals surface area contributed by atoms with E-state index in [0.717, 1.165) is 54.6 Å². The summed E-state index contributed by atoms with van der Waals surface area (Å²) in [6.45, 7) is 3.21. The summed E-state index contributed by atoms with van der Waals surface area (Å²) in [4.78, 5) is 35.0. The van der Waals surface area contributed by atoms with Gasteiger partial charge in [-0.1, -0.05) is 18.2 Å². The fourth-order valence-electron chi connectivity index (χ4n) is 5.25. The van der Waals surface area contributed by atoms with Crippen LogP contribution in [0.15, 0.2) is 65.5 Å². The van der Waals surface area contributed by atoms with Crippen molar-refractivity contribution in [3.8, 4) is 5.75 Å². The average Bonchev–Trinajstić information content (AvgIpc) is 2.95. The van der Waals surface area contributed by atoms with Gasteiger partial charge < -0.3 is 24.4 Å². The predicted molar refractivity (Wildman–Crippen MR) is 148 cm³/mol. The average molecular weight is 500 g/mol. The second-order valence-corrected chi connectivity index (χ2v) is 9.56. The number of carbonyl (C=O) groups excluding carboxylic acids is 1. The number of piperidine rings is 1. The molecule has 0 aliphatic carbocycles. The largest absolute Gasteiger partial charge is 0.497 e. The normalized spacial score (nSPS) is 14.7. The number of para-hydroxylation sites is 1. The highest BCUT2D eigenvalue weighted by Crippen LogP contribution is 2.25. The fourth-order valence-corrected chi connectivity index (χ4v) is 5.25. The van der Waals surface area contributed by atoms with Crippen LogP contribution in [0.4, 0.5) is 5.82 Å². The van der Waals surface area contributed by atoms with Crippen LogP contribution in [0, 0.1) is 0 Å². The molecule has 0 radical (unpaired) electrons. The number of ether oxygens (including phenoxy) is 1. The Bertz CT molecular complexity index is 1490. The van der Waals surface area contributed by atoms with Crippen molar-refractivity contribution >= 4 is 33.5 Å². The summed E-state index contributed by atoms with van der Waals surface area (Å²) in [7, 11) is 5.30. The van der Waals surface area contributed by atoms with Gasteiger partial charge in [-0.05, 0) is 43.2 Å². The molecule has 1 saturated heterocycles.